The number of carbonyl (C=O) groups is 1. The van der Waals surface area contributed by atoms with Crippen LogP contribution in [0.25, 0.3) is 10.9 Å². The van der Waals surface area contributed by atoms with E-state index in [0.29, 0.717) is 25.4 Å². The number of hydrogen-bond acceptors (Lipinski definition) is 3. The minimum atomic E-state index is 0.0930. The summed E-state index contributed by atoms with van der Waals surface area (Å²) in [6.07, 6.45) is 6.77. The van der Waals surface area contributed by atoms with Gasteiger partial charge in [-0.05, 0) is 38.3 Å². The van der Waals surface area contributed by atoms with E-state index in [1.807, 2.05) is 22.9 Å². The zero-order valence-electron chi connectivity index (χ0n) is 14.8. The van der Waals surface area contributed by atoms with Crippen LogP contribution in [0.15, 0.2) is 36.8 Å². The van der Waals surface area contributed by atoms with Crippen LogP contribution in [0.4, 0.5) is 0 Å². The topological polar surface area (TPSA) is 75.6 Å². The molecule has 1 amide bonds. The van der Waals surface area contributed by atoms with Gasteiger partial charge in [0.05, 0.1) is 0 Å². The van der Waals surface area contributed by atoms with E-state index < -0.39 is 0 Å². The van der Waals surface area contributed by atoms with Crippen LogP contribution in [0, 0.1) is 0 Å². The summed E-state index contributed by atoms with van der Waals surface area (Å²) >= 11 is 0. The normalized spacial score (nSPS) is 11.3. The number of aryl methyl sites for hydroxylation is 1. The lowest BCUT2D eigenvalue weighted by Gasteiger charge is -2.10. The summed E-state index contributed by atoms with van der Waals surface area (Å²) in [5, 5.41) is 12.3. The second-order valence-corrected chi connectivity index (χ2v) is 6.56. The first-order valence-electron chi connectivity index (χ1n) is 8.85. The summed E-state index contributed by atoms with van der Waals surface area (Å²) < 4.78 is 2.03. The summed E-state index contributed by atoms with van der Waals surface area (Å²) in [5.74, 6) is 1.00. The van der Waals surface area contributed by atoms with Gasteiger partial charge in [0.15, 0.2) is 0 Å². The number of fused-ring (bicyclic) bond motifs is 1. The maximum atomic E-state index is 12.0. The summed E-state index contributed by atoms with van der Waals surface area (Å²) in [4.78, 5) is 15.3. The molecule has 25 heavy (non-hydrogen) atoms. The highest BCUT2D eigenvalue weighted by atomic mass is 16.1. The number of carbonyl (C=O) groups excluding carboxylic acids is 1. The summed E-state index contributed by atoms with van der Waals surface area (Å²) in [5.41, 5.74) is 2.42. The van der Waals surface area contributed by atoms with Crippen molar-refractivity contribution in [1.29, 1.82) is 0 Å². The molecule has 6 heteroatoms. The van der Waals surface area contributed by atoms with Crippen LogP contribution in [-0.4, -0.2) is 32.2 Å². The largest absolute Gasteiger partial charge is 0.361 e. The Balaban J connectivity index is 1.40. The van der Waals surface area contributed by atoms with Gasteiger partial charge in [0, 0.05) is 42.5 Å². The number of aromatic amines is 1. The van der Waals surface area contributed by atoms with E-state index in [1.54, 1.807) is 6.33 Å². The molecule has 0 atom stereocenters. The number of nitrogens with zero attached hydrogens (tertiary/aromatic N) is 3. The molecule has 0 fully saturated rings. The Morgan fingerprint density at radius 1 is 1.28 bits per heavy atom. The van der Waals surface area contributed by atoms with E-state index in [-0.39, 0.29) is 5.91 Å². The van der Waals surface area contributed by atoms with Gasteiger partial charge in [0.1, 0.15) is 12.2 Å². The smallest absolute Gasteiger partial charge is 0.220 e. The highest BCUT2D eigenvalue weighted by molar-refractivity contribution is 5.83. The molecule has 2 heterocycles. The number of amides is 1. The summed E-state index contributed by atoms with van der Waals surface area (Å²) in [7, 11) is 0. The van der Waals surface area contributed by atoms with E-state index in [2.05, 4.69) is 46.5 Å². The number of H-pyrrole nitrogens is 1. The molecule has 0 spiro atoms. The summed E-state index contributed by atoms with van der Waals surface area (Å²) in [6.45, 7) is 4.78. The first kappa shape index (κ1) is 17.2. The fourth-order valence-corrected chi connectivity index (χ4v) is 3.06. The molecule has 0 aliphatic rings. The Bertz CT molecular complexity index is 833. The van der Waals surface area contributed by atoms with Gasteiger partial charge in [-0.25, -0.2) is 0 Å². The second-order valence-electron chi connectivity index (χ2n) is 6.56. The molecular formula is C19H25N5O. The van der Waals surface area contributed by atoms with Gasteiger partial charge >= 0.3 is 0 Å². The molecule has 6 nitrogen and oxygen atoms in total. The highest BCUT2D eigenvalue weighted by Crippen LogP contribution is 2.19. The molecule has 0 radical (unpaired) electrons. The zero-order valence-corrected chi connectivity index (χ0v) is 14.8. The monoisotopic (exact) mass is 339 g/mol. The van der Waals surface area contributed by atoms with Crippen molar-refractivity contribution in [2.75, 3.05) is 6.54 Å². The Morgan fingerprint density at radius 2 is 2.12 bits per heavy atom. The second kappa shape index (κ2) is 7.96. The molecule has 1 aromatic carbocycles. The number of hydrogen-bond donors (Lipinski definition) is 2. The molecule has 0 saturated heterocycles. The van der Waals surface area contributed by atoms with Crippen molar-refractivity contribution in [2.24, 2.45) is 0 Å². The molecule has 2 aromatic heterocycles. The molecule has 0 unspecified atom stereocenters. The molecule has 3 aromatic rings. The first-order chi connectivity index (χ1) is 12.1. The Hall–Kier alpha value is -2.63. The van der Waals surface area contributed by atoms with Gasteiger partial charge in [-0.3, -0.25) is 4.79 Å². The maximum absolute atomic E-state index is 12.0. The molecule has 3 rings (SSSR count). The van der Waals surface area contributed by atoms with Crippen molar-refractivity contribution in [3.05, 3.63) is 48.2 Å². The third-order valence-corrected chi connectivity index (χ3v) is 4.40. The highest BCUT2D eigenvalue weighted by Gasteiger charge is 2.08. The van der Waals surface area contributed by atoms with E-state index in [1.165, 1.54) is 10.9 Å². The predicted octanol–water partition coefficient (Wildman–Crippen LogP) is 3.02. The molecule has 0 bridgehead atoms. The van der Waals surface area contributed by atoms with Crippen LogP contribution >= 0.6 is 0 Å². The third-order valence-electron chi connectivity index (χ3n) is 4.40. The summed E-state index contributed by atoms with van der Waals surface area (Å²) in [6, 6.07) is 8.59. The molecule has 2 N–H and O–H groups in total. The Kier molecular flexibility index (Phi) is 5.48. The molecule has 0 saturated carbocycles. The third kappa shape index (κ3) is 4.26. The van der Waals surface area contributed by atoms with Crippen LogP contribution in [0.1, 0.15) is 44.1 Å². The lowest BCUT2D eigenvalue weighted by Crippen LogP contribution is -2.26. The van der Waals surface area contributed by atoms with Gasteiger partial charge in [-0.2, -0.15) is 0 Å². The SMILES string of the molecule is CC(C)n1cnnc1CCNC(=O)CCCc1c[nH]c2ccccc12. The van der Waals surface area contributed by atoms with Gasteiger partial charge in [-0.1, -0.05) is 18.2 Å². The van der Waals surface area contributed by atoms with E-state index in [0.717, 1.165) is 24.2 Å². The number of nitrogens with one attached hydrogen (secondary N) is 2. The van der Waals surface area contributed by atoms with E-state index >= 15 is 0 Å². The molecule has 0 aliphatic carbocycles. The average molecular weight is 339 g/mol. The van der Waals surface area contributed by atoms with Crippen LogP contribution in [-0.2, 0) is 17.6 Å². The van der Waals surface area contributed by atoms with Gasteiger partial charge in [-0.15, -0.1) is 10.2 Å². The number of rotatable bonds is 8. The number of benzene rings is 1. The minimum absolute atomic E-state index is 0.0930. The van der Waals surface area contributed by atoms with Crippen LogP contribution in [0.5, 0.6) is 0 Å². The van der Waals surface area contributed by atoms with E-state index in [9.17, 15) is 4.79 Å². The maximum Gasteiger partial charge on any atom is 0.220 e. The zero-order chi connectivity index (χ0) is 17.6. The van der Waals surface area contributed by atoms with Gasteiger partial charge in [0.25, 0.3) is 0 Å². The Morgan fingerprint density at radius 3 is 2.96 bits per heavy atom. The van der Waals surface area contributed by atoms with Crippen molar-refractivity contribution in [3.8, 4) is 0 Å². The fraction of sp³-hybridized carbons (Fsp3) is 0.421. The predicted molar refractivity (Wildman–Crippen MR) is 98.4 cm³/mol. The first-order valence-corrected chi connectivity index (χ1v) is 8.85. The van der Waals surface area contributed by atoms with E-state index in [4.69, 9.17) is 0 Å². The van der Waals surface area contributed by atoms with Crippen molar-refractivity contribution in [1.82, 2.24) is 25.1 Å². The van der Waals surface area contributed by atoms with Gasteiger partial charge < -0.3 is 14.9 Å². The van der Waals surface area contributed by atoms with Crippen molar-refractivity contribution >= 4 is 16.8 Å². The minimum Gasteiger partial charge on any atom is -0.361 e. The van der Waals surface area contributed by atoms with Crippen LogP contribution in [0.2, 0.25) is 0 Å². The van der Waals surface area contributed by atoms with Crippen molar-refractivity contribution < 1.29 is 4.79 Å². The number of para-hydroxylation sites is 1. The van der Waals surface area contributed by atoms with Crippen LogP contribution in [0.3, 0.4) is 0 Å². The quantitative estimate of drug-likeness (QED) is 0.662. The van der Waals surface area contributed by atoms with Crippen LogP contribution < -0.4 is 5.32 Å². The lowest BCUT2D eigenvalue weighted by atomic mass is 10.1. The molecule has 132 valence electrons. The Labute approximate surface area is 147 Å². The number of aromatic nitrogens is 4. The molecule has 0 aliphatic heterocycles. The molecular weight excluding hydrogens is 314 g/mol. The average Bonchev–Trinajstić information content (AvgIpc) is 3.22. The van der Waals surface area contributed by atoms with Crippen molar-refractivity contribution in [2.45, 2.75) is 45.6 Å². The fourth-order valence-electron chi connectivity index (χ4n) is 3.06. The lowest BCUT2D eigenvalue weighted by molar-refractivity contribution is -0.121. The van der Waals surface area contributed by atoms with Crippen molar-refractivity contribution in [3.63, 3.8) is 0 Å². The standard InChI is InChI=1S/C19H25N5O/c1-14(2)24-13-22-23-18(24)10-11-20-19(25)9-5-6-15-12-21-17-8-4-3-7-16(15)17/h3-4,7-8,12-14,21H,5-6,9-11H2,1-2H3,(H,20,25). The van der Waals surface area contributed by atoms with Gasteiger partial charge in [0.2, 0.25) is 5.91 Å².